The minimum Gasteiger partial charge on any atom is -0.350 e. The molecule has 3 aromatic rings. The van der Waals surface area contributed by atoms with E-state index < -0.39 is 0 Å². The van der Waals surface area contributed by atoms with Crippen molar-refractivity contribution in [1.82, 2.24) is 19.8 Å². The van der Waals surface area contributed by atoms with Gasteiger partial charge in [0, 0.05) is 13.1 Å². The second-order valence-electron chi connectivity index (χ2n) is 6.68. The molecule has 148 valence electrons. The molecule has 0 radical (unpaired) electrons. The molecule has 0 bridgehead atoms. The fourth-order valence-electron chi connectivity index (χ4n) is 3.22. The van der Waals surface area contributed by atoms with Crippen LogP contribution in [0.4, 0.5) is 0 Å². The zero-order chi connectivity index (χ0) is 20.1. The van der Waals surface area contributed by atoms with Crippen molar-refractivity contribution in [2.75, 3.05) is 26.2 Å². The van der Waals surface area contributed by atoms with Gasteiger partial charge in [0.1, 0.15) is 4.83 Å². The Morgan fingerprint density at radius 2 is 1.93 bits per heavy atom. The number of aryl methyl sites for hydroxylation is 1. The number of hydrogen-bond donors (Lipinski definition) is 1. The maximum atomic E-state index is 13.0. The number of nitrogens with zero attached hydrogens (tertiary/aromatic N) is 3. The van der Waals surface area contributed by atoms with Gasteiger partial charge in [-0.05, 0) is 31.1 Å². The molecule has 1 aromatic carbocycles. The van der Waals surface area contributed by atoms with Crippen molar-refractivity contribution in [2.24, 2.45) is 0 Å². The van der Waals surface area contributed by atoms with Crippen molar-refractivity contribution in [3.8, 4) is 0 Å². The van der Waals surface area contributed by atoms with Gasteiger partial charge in [0.15, 0.2) is 0 Å². The maximum Gasteiger partial charge on any atom is 0.262 e. The fraction of sp³-hybridized carbons (Fsp3) is 0.381. The van der Waals surface area contributed by atoms with Crippen molar-refractivity contribution in [1.29, 1.82) is 0 Å². The van der Waals surface area contributed by atoms with E-state index in [4.69, 9.17) is 0 Å². The third kappa shape index (κ3) is 4.31. The number of benzene rings is 1. The Hall–Kier alpha value is -2.51. The number of carbonyl (C=O) groups excluding carboxylic acids is 1. The molecule has 0 unspecified atom stereocenters. The van der Waals surface area contributed by atoms with Crippen LogP contribution >= 0.6 is 11.3 Å². The van der Waals surface area contributed by atoms with Gasteiger partial charge in [-0.15, -0.1) is 11.3 Å². The lowest BCUT2D eigenvalue weighted by Gasteiger charge is -2.17. The summed E-state index contributed by atoms with van der Waals surface area (Å²) in [5.41, 5.74) is 1.64. The third-order valence-corrected chi connectivity index (χ3v) is 6.13. The van der Waals surface area contributed by atoms with Gasteiger partial charge in [-0.25, -0.2) is 4.98 Å². The number of fused-ring (bicyclic) bond motifs is 1. The highest BCUT2D eigenvalue weighted by atomic mass is 32.1. The molecule has 0 aliphatic heterocycles. The molecule has 0 fully saturated rings. The fourth-order valence-corrected chi connectivity index (χ4v) is 4.27. The Morgan fingerprint density at radius 3 is 2.61 bits per heavy atom. The Labute approximate surface area is 168 Å². The van der Waals surface area contributed by atoms with Crippen LogP contribution < -0.4 is 10.9 Å². The van der Waals surface area contributed by atoms with Crippen LogP contribution in [-0.2, 0) is 6.54 Å². The monoisotopic (exact) mass is 398 g/mol. The molecule has 1 N–H and O–H groups in total. The van der Waals surface area contributed by atoms with Crippen LogP contribution in [0.3, 0.4) is 0 Å². The SMILES string of the molecule is CCN(CC)CCNC(=O)c1sc2ncn(Cc3ccccc3)c(=O)c2c1C. The number of rotatable bonds is 8. The lowest BCUT2D eigenvalue weighted by atomic mass is 10.2. The largest absolute Gasteiger partial charge is 0.350 e. The van der Waals surface area contributed by atoms with Crippen LogP contribution in [0.1, 0.15) is 34.6 Å². The summed E-state index contributed by atoms with van der Waals surface area (Å²) in [5, 5.41) is 3.51. The number of carbonyl (C=O) groups is 1. The van der Waals surface area contributed by atoms with Crippen molar-refractivity contribution in [3.63, 3.8) is 0 Å². The van der Waals surface area contributed by atoms with E-state index in [0.717, 1.165) is 25.2 Å². The highest BCUT2D eigenvalue weighted by Crippen LogP contribution is 2.26. The predicted octanol–water partition coefficient (Wildman–Crippen LogP) is 2.89. The van der Waals surface area contributed by atoms with E-state index in [-0.39, 0.29) is 11.5 Å². The molecule has 2 aromatic heterocycles. The zero-order valence-corrected chi connectivity index (χ0v) is 17.4. The summed E-state index contributed by atoms with van der Waals surface area (Å²) in [6.45, 7) is 9.81. The second kappa shape index (κ2) is 9.12. The highest BCUT2D eigenvalue weighted by Gasteiger charge is 2.19. The number of nitrogens with one attached hydrogen (secondary N) is 1. The molecular weight excluding hydrogens is 372 g/mol. The molecular formula is C21H26N4O2S. The van der Waals surface area contributed by atoms with Gasteiger partial charge >= 0.3 is 0 Å². The Kier molecular flexibility index (Phi) is 6.59. The summed E-state index contributed by atoms with van der Waals surface area (Å²) in [7, 11) is 0. The molecule has 0 aliphatic carbocycles. The summed E-state index contributed by atoms with van der Waals surface area (Å²) in [6.07, 6.45) is 1.57. The molecule has 7 heteroatoms. The first-order valence-corrected chi connectivity index (χ1v) is 10.4. The lowest BCUT2D eigenvalue weighted by Crippen LogP contribution is -2.34. The van der Waals surface area contributed by atoms with Crippen LogP contribution in [0.2, 0.25) is 0 Å². The molecule has 0 atom stereocenters. The second-order valence-corrected chi connectivity index (χ2v) is 7.68. The number of hydrogen-bond acceptors (Lipinski definition) is 5. The predicted molar refractivity (Wildman–Crippen MR) is 114 cm³/mol. The quantitative estimate of drug-likeness (QED) is 0.634. The number of amides is 1. The van der Waals surface area contributed by atoms with Crippen LogP contribution in [-0.4, -0.2) is 46.5 Å². The molecule has 2 heterocycles. The van der Waals surface area contributed by atoms with Crippen LogP contribution in [0.5, 0.6) is 0 Å². The number of thiophene rings is 1. The van der Waals surface area contributed by atoms with Crippen molar-refractivity contribution >= 4 is 27.5 Å². The van der Waals surface area contributed by atoms with Crippen molar-refractivity contribution in [2.45, 2.75) is 27.3 Å². The molecule has 0 saturated heterocycles. The standard InChI is InChI=1S/C21H26N4O2S/c1-4-24(5-2)12-11-22-19(26)18-15(3)17-20(28-18)23-14-25(21(17)27)13-16-9-7-6-8-10-16/h6-10,14H,4-5,11-13H2,1-3H3,(H,22,26). The van der Waals surface area contributed by atoms with Crippen LogP contribution in [0.15, 0.2) is 41.5 Å². The average molecular weight is 399 g/mol. The maximum absolute atomic E-state index is 13.0. The third-order valence-electron chi connectivity index (χ3n) is 4.93. The smallest absolute Gasteiger partial charge is 0.262 e. The average Bonchev–Trinajstić information content (AvgIpc) is 3.05. The summed E-state index contributed by atoms with van der Waals surface area (Å²) >= 11 is 1.28. The van der Waals surface area contributed by atoms with E-state index in [0.29, 0.717) is 33.7 Å². The first-order valence-electron chi connectivity index (χ1n) is 9.58. The molecule has 6 nitrogen and oxygen atoms in total. The van der Waals surface area contributed by atoms with Gasteiger partial charge in [0.2, 0.25) is 0 Å². The van der Waals surface area contributed by atoms with E-state index >= 15 is 0 Å². The van der Waals surface area contributed by atoms with Crippen LogP contribution in [0, 0.1) is 6.92 Å². The van der Waals surface area contributed by atoms with E-state index in [1.807, 2.05) is 37.3 Å². The first kappa shape index (κ1) is 20.2. The van der Waals surface area contributed by atoms with E-state index in [9.17, 15) is 9.59 Å². The van der Waals surface area contributed by atoms with E-state index in [1.54, 1.807) is 10.9 Å². The number of aromatic nitrogens is 2. The van der Waals surface area contributed by atoms with Crippen molar-refractivity contribution in [3.05, 3.63) is 63.0 Å². The van der Waals surface area contributed by atoms with Gasteiger partial charge in [-0.3, -0.25) is 14.2 Å². The lowest BCUT2D eigenvalue weighted by molar-refractivity contribution is 0.0952. The molecule has 0 saturated carbocycles. The van der Waals surface area contributed by atoms with Gasteiger partial charge in [0.05, 0.1) is 23.1 Å². The zero-order valence-electron chi connectivity index (χ0n) is 16.6. The summed E-state index contributed by atoms with van der Waals surface area (Å²) in [6, 6.07) is 9.80. The normalized spacial score (nSPS) is 11.3. The van der Waals surface area contributed by atoms with Crippen molar-refractivity contribution < 1.29 is 4.79 Å². The highest BCUT2D eigenvalue weighted by molar-refractivity contribution is 7.20. The van der Waals surface area contributed by atoms with Crippen LogP contribution in [0.25, 0.3) is 10.2 Å². The van der Waals surface area contributed by atoms with E-state index in [1.165, 1.54) is 11.3 Å². The molecule has 0 aliphatic rings. The number of likely N-dealkylation sites (N-methyl/N-ethyl adjacent to an activating group) is 1. The van der Waals surface area contributed by atoms with Gasteiger partial charge in [-0.2, -0.15) is 0 Å². The van der Waals surface area contributed by atoms with Gasteiger partial charge in [-0.1, -0.05) is 44.2 Å². The Balaban J connectivity index is 1.82. The topological polar surface area (TPSA) is 67.2 Å². The van der Waals surface area contributed by atoms with Gasteiger partial charge in [0.25, 0.3) is 11.5 Å². The van der Waals surface area contributed by atoms with Gasteiger partial charge < -0.3 is 10.2 Å². The summed E-state index contributed by atoms with van der Waals surface area (Å²) in [4.78, 5) is 33.4. The minimum absolute atomic E-state index is 0.107. The first-order chi connectivity index (χ1) is 13.5. The molecule has 0 spiro atoms. The minimum atomic E-state index is -0.137. The summed E-state index contributed by atoms with van der Waals surface area (Å²) in [5.74, 6) is -0.137. The Bertz CT molecular complexity index is 1010. The molecule has 1 amide bonds. The molecule has 3 rings (SSSR count). The Morgan fingerprint density at radius 1 is 1.21 bits per heavy atom. The summed E-state index contributed by atoms with van der Waals surface area (Å²) < 4.78 is 1.60. The van der Waals surface area contributed by atoms with E-state index in [2.05, 4.69) is 29.0 Å². The molecule has 28 heavy (non-hydrogen) atoms.